The summed E-state index contributed by atoms with van der Waals surface area (Å²) in [6.07, 6.45) is 21.8. The molecule has 0 aliphatic heterocycles. The minimum Gasteiger partial charge on any atom is -0.507 e. The first-order valence-electron chi connectivity index (χ1n) is 13.1. The van der Waals surface area contributed by atoms with Crippen molar-refractivity contribution in [2.45, 2.75) is 130 Å². The molecule has 0 aromatic heterocycles. The fourth-order valence-electron chi connectivity index (χ4n) is 4.10. The van der Waals surface area contributed by atoms with Crippen molar-refractivity contribution in [1.82, 2.24) is 0 Å². The van der Waals surface area contributed by atoms with E-state index in [0.717, 1.165) is 42.4 Å². The van der Waals surface area contributed by atoms with E-state index in [4.69, 9.17) is 10.1 Å². The van der Waals surface area contributed by atoms with E-state index in [2.05, 4.69) is 13.8 Å². The van der Waals surface area contributed by atoms with Gasteiger partial charge in [-0.1, -0.05) is 104 Å². The molecule has 0 amide bonds. The van der Waals surface area contributed by atoms with E-state index >= 15 is 0 Å². The number of phenolic OH excluding ortho intramolecular Hbond substituents is 1. The minimum atomic E-state index is 0.232. The number of aromatic hydroxyl groups is 1. The molecule has 0 heterocycles. The summed E-state index contributed by atoms with van der Waals surface area (Å²) in [7, 11) is 0. The first-order chi connectivity index (χ1) is 15.1. The molecule has 0 fully saturated rings. The van der Waals surface area contributed by atoms with Gasteiger partial charge in [0.25, 0.3) is 0 Å². The first-order valence-corrected chi connectivity index (χ1v) is 13.1. The molecule has 0 saturated heterocycles. The standard InChI is InChI=1S/C28H49NO2/c1-4-6-8-9-10-11-12-13-14-15-16-17-18-19-21-31-28(29)26-22-24(3)27(30)25(23-26)20-7-5-2/h22-23,29-30H,4-21H2,1-3H3. The van der Waals surface area contributed by atoms with Crippen LogP contribution in [0, 0.1) is 12.3 Å². The average Bonchev–Trinajstić information content (AvgIpc) is 2.77. The second-order valence-corrected chi connectivity index (χ2v) is 9.18. The molecule has 2 N–H and O–H groups in total. The van der Waals surface area contributed by atoms with E-state index in [1.165, 1.54) is 83.5 Å². The number of unbranched alkanes of at least 4 members (excludes halogenated alkanes) is 14. The number of phenols is 1. The lowest BCUT2D eigenvalue weighted by atomic mass is 10.0. The Hall–Kier alpha value is -1.51. The maximum atomic E-state index is 10.2. The minimum absolute atomic E-state index is 0.232. The van der Waals surface area contributed by atoms with E-state index in [-0.39, 0.29) is 5.90 Å². The number of ether oxygens (including phenoxy) is 1. The SMILES string of the molecule is CCCCCCCCCCCCCCCCOC(=N)c1cc(C)c(O)c(CCCC)c1. The van der Waals surface area contributed by atoms with Crippen molar-refractivity contribution in [3.8, 4) is 5.75 Å². The Morgan fingerprint density at radius 3 is 1.74 bits per heavy atom. The summed E-state index contributed by atoms with van der Waals surface area (Å²) in [5.74, 6) is 0.604. The molecule has 3 nitrogen and oxygen atoms in total. The number of hydrogen-bond donors (Lipinski definition) is 2. The molecule has 31 heavy (non-hydrogen) atoms. The fraction of sp³-hybridized carbons (Fsp3) is 0.750. The molecular formula is C28H49NO2. The molecule has 3 heteroatoms. The topological polar surface area (TPSA) is 53.3 Å². The number of aryl methyl sites for hydroxylation is 2. The number of rotatable bonds is 19. The van der Waals surface area contributed by atoms with Gasteiger partial charge in [0.05, 0.1) is 6.61 Å². The molecule has 0 atom stereocenters. The Morgan fingerprint density at radius 2 is 1.23 bits per heavy atom. The summed E-state index contributed by atoms with van der Waals surface area (Å²) in [4.78, 5) is 0. The highest BCUT2D eigenvalue weighted by molar-refractivity contribution is 5.92. The largest absolute Gasteiger partial charge is 0.507 e. The van der Waals surface area contributed by atoms with Crippen LogP contribution in [0.25, 0.3) is 0 Å². The zero-order valence-electron chi connectivity index (χ0n) is 20.7. The van der Waals surface area contributed by atoms with Crippen molar-refractivity contribution >= 4 is 5.90 Å². The predicted molar refractivity (Wildman–Crippen MR) is 135 cm³/mol. The first kappa shape index (κ1) is 27.5. The van der Waals surface area contributed by atoms with Crippen LogP contribution in [0.5, 0.6) is 5.75 Å². The summed E-state index contributed by atoms with van der Waals surface area (Å²) in [5.41, 5.74) is 2.54. The Labute approximate surface area is 192 Å². The maximum absolute atomic E-state index is 10.2. The van der Waals surface area contributed by atoms with Crippen LogP contribution >= 0.6 is 0 Å². The molecule has 0 aliphatic rings. The zero-order valence-corrected chi connectivity index (χ0v) is 20.7. The summed E-state index contributed by atoms with van der Waals surface area (Å²) in [6.45, 7) is 6.94. The normalized spacial score (nSPS) is 11.1. The van der Waals surface area contributed by atoms with E-state index in [1.54, 1.807) is 0 Å². The highest BCUT2D eigenvalue weighted by Crippen LogP contribution is 2.26. The molecule has 0 bridgehead atoms. The monoisotopic (exact) mass is 431 g/mol. The second kappa shape index (κ2) is 18.1. The van der Waals surface area contributed by atoms with Gasteiger partial charge in [0.1, 0.15) is 5.75 Å². The molecule has 1 aromatic rings. The van der Waals surface area contributed by atoms with Crippen molar-refractivity contribution < 1.29 is 9.84 Å². The third-order valence-corrected chi connectivity index (χ3v) is 6.19. The molecule has 0 aliphatic carbocycles. The molecule has 178 valence electrons. The van der Waals surface area contributed by atoms with Crippen molar-refractivity contribution in [2.75, 3.05) is 6.61 Å². The van der Waals surface area contributed by atoms with Crippen molar-refractivity contribution in [3.63, 3.8) is 0 Å². The lowest BCUT2D eigenvalue weighted by Gasteiger charge is -2.12. The molecule has 1 rings (SSSR count). The molecule has 1 aromatic carbocycles. The summed E-state index contributed by atoms with van der Waals surface area (Å²) >= 11 is 0. The van der Waals surface area contributed by atoms with E-state index in [0.29, 0.717) is 12.4 Å². The molecule has 0 saturated carbocycles. The van der Waals surface area contributed by atoms with Gasteiger partial charge < -0.3 is 9.84 Å². The fourth-order valence-corrected chi connectivity index (χ4v) is 4.10. The van der Waals surface area contributed by atoms with Crippen LogP contribution in [-0.2, 0) is 11.2 Å². The lowest BCUT2D eigenvalue weighted by Crippen LogP contribution is -2.08. The Balaban J connectivity index is 2.05. The number of benzene rings is 1. The predicted octanol–water partition coefficient (Wildman–Crippen LogP) is 8.87. The summed E-state index contributed by atoms with van der Waals surface area (Å²) in [6, 6.07) is 3.78. The zero-order chi connectivity index (χ0) is 22.7. The van der Waals surface area contributed by atoms with Gasteiger partial charge in [-0.05, 0) is 49.4 Å². The molecular weight excluding hydrogens is 382 g/mol. The Morgan fingerprint density at radius 1 is 0.742 bits per heavy atom. The molecule has 0 unspecified atom stereocenters. The highest BCUT2D eigenvalue weighted by Gasteiger charge is 2.11. The van der Waals surface area contributed by atoms with Crippen LogP contribution in [0.2, 0.25) is 0 Å². The van der Waals surface area contributed by atoms with Crippen LogP contribution in [0.15, 0.2) is 12.1 Å². The van der Waals surface area contributed by atoms with Gasteiger partial charge in [-0.15, -0.1) is 0 Å². The van der Waals surface area contributed by atoms with Crippen LogP contribution < -0.4 is 0 Å². The quantitative estimate of drug-likeness (QED) is 0.130. The maximum Gasteiger partial charge on any atom is 0.213 e. The van der Waals surface area contributed by atoms with E-state index in [9.17, 15) is 5.11 Å². The van der Waals surface area contributed by atoms with Crippen molar-refractivity contribution in [1.29, 1.82) is 5.41 Å². The smallest absolute Gasteiger partial charge is 0.213 e. The van der Waals surface area contributed by atoms with E-state index < -0.39 is 0 Å². The summed E-state index contributed by atoms with van der Waals surface area (Å²) in [5, 5.41) is 18.5. The van der Waals surface area contributed by atoms with E-state index in [1.807, 2.05) is 19.1 Å². The third kappa shape index (κ3) is 12.8. The van der Waals surface area contributed by atoms with Gasteiger partial charge in [0, 0.05) is 5.56 Å². The van der Waals surface area contributed by atoms with Crippen LogP contribution in [-0.4, -0.2) is 17.6 Å². The second-order valence-electron chi connectivity index (χ2n) is 9.18. The molecule has 0 spiro atoms. The Kier molecular flexibility index (Phi) is 16.1. The van der Waals surface area contributed by atoms with Gasteiger partial charge in [-0.25, -0.2) is 0 Å². The lowest BCUT2D eigenvalue weighted by molar-refractivity contribution is 0.290. The average molecular weight is 432 g/mol. The Bertz CT molecular complexity index is 597. The van der Waals surface area contributed by atoms with Gasteiger partial charge in [0.15, 0.2) is 0 Å². The van der Waals surface area contributed by atoms with Gasteiger partial charge in [0.2, 0.25) is 5.90 Å². The van der Waals surface area contributed by atoms with Crippen LogP contribution in [0.1, 0.15) is 133 Å². The number of nitrogens with one attached hydrogen (secondary N) is 1. The van der Waals surface area contributed by atoms with Gasteiger partial charge >= 0.3 is 0 Å². The van der Waals surface area contributed by atoms with Crippen LogP contribution in [0.4, 0.5) is 0 Å². The van der Waals surface area contributed by atoms with Crippen molar-refractivity contribution in [2.24, 2.45) is 0 Å². The number of hydrogen-bond acceptors (Lipinski definition) is 3. The third-order valence-electron chi connectivity index (χ3n) is 6.19. The van der Waals surface area contributed by atoms with Gasteiger partial charge in [-0.3, -0.25) is 5.41 Å². The van der Waals surface area contributed by atoms with Crippen molar-refractivity contribution in [3.05, 3.63) is 28.8 Å². The molecule has 0 radical (unpaired) electrons. The van der Waals surface area contributed by atoms with Gasteiger partial charge in [-0.2, -0.15) is 0 Å². The van der Waals surface area contributed by atoms with Crippen LogP contribution in [0.3, 0.4) is 0 Å². The summed E-state index contributed by atoms with van der Waals surface area (Å²) < 4.78 is 5.69. The highest BCUT2D eigenvalue weighted by atomic mass is 16.5.